The van der Waals surface area contributed by atoms with E-state index in [1.165, 1.54) is 6.07 Å². The van der Waals surface area contributed by atoms with E-state index in [0.717, 1.165) is 11.1 Å². The van der Waals surface area contributed by atoms with E-state index in [9.17, 15) is 14.9 Å². The number of rotatable bonds is 2. The van der Waals surface area contributed by atoms with Crippen LogP contribution in [0.4, 0.5) is 16.2 Å². The first-order valence-electron chi connectivity index (χ1n) is 7.38. The summed E-state index contributed by atoms with van der Waals surface area (Å²) in [6.45, 7) is 6.47. The van der Waals surface area contributed by atoms with Gasteiger partial charge in [0.1, 0.15) is 11.3 Å². The lowest BCUT2D eigenvalue weighted by molar-refractivity contribution is -0.383. The second-order valence-electron chi connectivity index (χ2n) is 6.44. The molecule has 0 unspecified atom stereocenters. The van der Waals surface area contributed by atoms with Crippen LogP contribution in [-0.2, 0) is 4.74 Å². The summed E-state index contributed by atoms with van der Waals surface area (Å²) in [5, 5.41) is 10.8. The van der Waals surface area contributed by atoms with Crippen LogP contribution in [-0.4, -0.2) is 34.6 Å². The first kappa shape index (κ1) is 16.8. The molecule has 0 aromatic heterocycles. The Morgan fingerprint density at radius 2 is 2.09 bits per heavy atom. The van der Waals surface area contributed by atoms with Gasteiger partial charge in [-0.3, -0.25) is 10.1 Å². The SMILES string of the molecule is CC(C)(C)OC(=O)N1CC=C(c2ccc([N+](=O)[O-])c(N)c2)CC1. The fourth-order valence-electron chi connectivity index (χ4n) is 2.34. The number of carbonyl (C=O) groups is 1. The van der Waals surface area contributed by atoms with E-state index in [2.05, 4.69) is 0 Å². The molecule has 7 heteroatoms. The number of ether oxygens (including phenoxy) is 1. The maximum absolute atomic E-state index is 12.0. The highest BCUT2D eigenvalue weighted by Crippen LogP contribution is 2.29. The van der Waals surface area contributed by atoms with Crippen molar-refractivity contribution in [3.8, 4) is 0 Å². The molecule has 0 saturated heterocycles. The van der Waals surface area contributed by atoms with E-state index in [1.807, 2.05) is 26.8 Å². The van der Waals surface area contributed by atoms with Crippen LogP contribution in [0.3, 0.4) is 0 Å². The Kier molecular flexibility index (Phi) is 4.58. The number of nitrogens with zero attached hydrogens (tertiary/aromatic N) is 2. The smallest absolute Gasteiger partial charge is 0.410 e. The number of nitrogens with two attached hydrogens (primary N) is 1. The van der Waals surface area contributed by atoms with E-state index in [0.29, 0.717) is 19.5 Å². The predicted molar refractivity (Wildman–Crippen MR) is 87.9 cm³/mol. The molecule has 0 atom stereocenters. The zero-order chi connectivity index (χ0) is 17.2. The standard InChI is InChI=1S/C16H21N3O4/c1-16(2,3)23-15(20)18-8-6-11(7-9-18)12-4-5-14(19(21)22)13(17)10-12/h4-6,10H,7-9,17H2,1-3H3. The summed E-state index contributed by atoms with van der Waals surface area (Å²) in [5.74, 6) is 0. The third-order valence-electron chi connectivity index (χ3n) is 3.46. The lowest BCUT2D eigenvalue weighted by atomic mass is 9.99. The maximum atomic E-state index is 12.0. The van der Waals surface area contributed by atoms with Crippen LogP contribution in [0.5, 0.6) is 0 Å². The molecule has 2 N–H and O–H groups in total. The molecular weight excluding hydrogens is 298 g/mol. The van der Waals surface area contributed by atoms with Crippen LogP contribution in [0.2, 0.25) is 0 Å². The van der Waals surface area contributed by atoms with Crippen molar-refractivity contribution in [3.63, 3.8) is 0 Å². The molecule has 124 valence electrons. The normalized spacial score (nSPS) is 15.1. The summed E-state index contributed by atoms with van der Waals surface area (Å²) < 4.78 is 5.34. The maximum Gasteiger partial charge on any atom is 0.410 e. The van der Waals surface area contributed by atoms with Crippen LogP contribution in [0.15, 0.2) is 24.3 Å². The van der Waals surface area contributed by atoms with Crippen molar-refractivity contribution in [2.75, 3.05) is 18.8 Å². The lowest BCUT2D eigenvalue weighted by Gasteiger charge is -2.29. The summed E-state index contributed by atoms with van der Waals surface area (Å²) in [6.07, 6.45) is 2.24. The summed E-state index contributed by atoms with van der Waals surface area (Å²) in [5.41, 5.74) is 7.11. The molecule has 1 aliphatic heterocycles. The van der Waals surface area contributed by atoms with Crippen molar-refractivity contribution < 1.29 is 14.5 Å². The van der Waals surface area contributed by atoms with E-state index in [4.69, 9.17) is 10.5 Å². The Bertz CT molecular complexity index is 662. The zero-order valence-corrected chi connectivity index (χ0v) is 13.5. The number of nitro benzene ring substituents is 1. The molecule has 0 aliphatic carbocycles. The fourth-order valence-corrected chi connectivity index (χ4v) is 2.34. The van der Waals surface area contributed by atoms with Gasteiger partial charge in [0, 0.05) is 19.2 Å². The monoisotopic (exact) mass is 319 g/mol. The molecule has 0 saturated carbocycles. The minimum atomic E-state index is -0.520. The summed E-state index contributed by atoms with van der Waals surface area (Å²) in [6, 6.07) is 4.70. The van der Waals surface area contributed by atoms with Crippen LogP contribution < -0.4 is 5.73 Å². The molecule has 0 radical (unpaired) electrons. The Hall–Kier alpha value is -2.57. The molecule has 1 amide bonds. The van der Waals surface area contributed by atoms with Gasteiger partial charge in [-0.2, -0.15) is 0 Å². The lowest BCUT2D eigenvalue weighted by Crippen LogP contribution is -2.39. The van der Waals surface area contributed by atoms with Gasteiger partial charge in [0.2, 0.25) is 0 Å². The molecule has 7 nitrogen and oxygen atoms in total. The van der Waals surface area contributed by atoms with Crippen LogP contribution in [0.1, 0.15) is 32.8 Å². The first-order valence-corrected chi connectivity index (χ1v) is 7.38. The molecular formula is C16H21N3O4. The Morgan fingerprint density at radius 3 is 2.57 bits per heavy atom. The van der Waals surface area contributed by atoms with Crippen molar-refractivity contribution in [2.24, 2.45) is 0 Å². The summed E-state index contributed by atoms with van der Waals surface area (Å²) in [4.78, 5) is 23.9. The largest absolute Gasteiger partial charge is 0.444 e. The molecule has 1 heterocycles. The van der Waals surface area contributed by atoms with Gasteiger partial charge in [0.25, 0.3) is 5.69 Å². The van der Waals surface area contributed by atoms with Gasteiger partial charge in [-0.25, -0.2) is 4.79 Å². The number of hydrogen-bond donors (Lipinski definition) is 1. The Balaban J connectivity index is 2.09. The molecule has 23 heavy (non-hydrogen) atoms. The Morgan fingerprint density at radius 1 is 1.39 bits per heavy atom. The van der Waals surface area contributed by atoms with Crippen LogP contribution >= 0.6 is 0 Å². The number of carbonyl (C=O) groups excluding carboxylic acids is 1. The van der Waals surface area contributed by atoms with Crippen molar-refractivity contribution in [2.45, 2.75) is 32.8 Å². The van der Waals surface area contributed by atoms with Gasteiger partial charge in [-0.1, -0.05) is 6.08 Å². The fraction of sp³-hybridized carbons (Fsp3) is 0.438. The van der Waals surface area contributed by atoms with Crippen molar-refractivity contribution in [3.05, 3.63) is 40.0 Å². The van der Waals surface area contributed by atoms with Crippen molar-refractivity contribution in [1.82, 2.24) is 4.90 Å². The number of anilines is 1. The van der Waals surface area contributed by atoms with Crippen molar-refractivity contribution >= 4 is 23.0 Å². The number of nitrogen functional groups attached to an aromatic ring is 1. The van der Waals surface area contributed by atoms with Crippen LogP contribution in [0, 0.1) is 10.1 Å². The minimum absolute atomic E-state index is 0.0967. The molecule has 0 bridgehead atoms. The molecule has 2 rings (SSSR count). The second kappa shape index (κ2) is 6.28. The molecule has 1 aromatic carbocycles. The van der Waals surface area contributed by atoms with E-state index in [1.54, 1.807) is 17.0 Å². The average molecular weight is 319 g/mol. The quantitative estimate of drug-likeness (QED) is 0.512. The second-order valence-corrected chi connectivity index (χ2v) is 6.44. The van der Waals surface area contributed by atoms with Gasteiger partial charge < -0.3 is 15.4 Å². The zero-order valence-electron chi connectivity index (χ0n) is 13.5. The highest BCUT2D eigenvalue weighted by molar-refractivity contribution is 5.75. The molecule has 1 aromatic rings. The number of hydrogen-bond acceptors (Lipinski definition) is 5. The average Bonchev–Trinajstić information content (AvgIpc) is 2.45. The predicted octanol–water partition coefficient (Wildman–Crippen LogP) is 3.20. The van der Waals surface area contributed by atoms with E-state index >= 15 is 0 Å². The number of benzene rings is 1. The summed E-state index contributed by atoms with van der Waals surface area (Å²) in [7, 11) is 0. The molecule has 0 spiro atoms. The van der Waals surface area contributed by atoms with Crippen LogP contribution in [0.25, 0.3) is 5.57 Å². The molecule has 1 aliphatic rings. The van der Waals surface area contributed by atoms with E-state index in [-0.39, 0.29) is 17.5 Å². The van der Waals surface area contributed by atoms with E-state index < -0.39 is 10.5 Å². The minimum Gasteiger partial charge on any atom is -0.444 e. The highest BCUT2D eigenvalue weighted by Gasteiger charge is 2.24. The first-order chi connectivity index (χ1) is 10.7. The van der Waals surface area contributed by atoms with Gasteiger partial charge in [0.05, 0.1) is 4.92 Å². The van der Waals surface area contributed by atoms with Gasteiger partial charge >= 0.3 is 6.09 Å². The summed E-state index contributed by atoms with van der Waals surface area (Å²) >= 11 is 0. The van der Waals surface area contributed by atoms with Crippen molar-refractivity contribution in [1.29, 1.82) is 0 Å². The van der Waals surface area contributed by atoms with Gasteiger partial charge in [-0.15, -0.1) is 0 Å². The Labute approximate surface area is 134 Å². The molecule has 0 fully saturated rings. The van der Waals surface area contributed by atoms with Gasteiger partial charge in [0.15, 0.2) is 0 Å². The number of amides is 1. The third-order valence-corrected chi connectivity index (χ3v) is 3.46. The third kappa shape index (κ3) is 4.21. The highest BCUT2D eigenvalue weighted by atomic mass is 16.6. The topological polar surface area (TPSA) is 98.7 Å². The number of nitro groups is 1. The van der Waals surface area contributed by atoms with Gasteiger partial charge in [-0.05, 0) is 50.5 Å².